The van der Waals surface area contributed by atoms with Crippen molar-refractivity contribution in [2.75, 3.05) is 0 Å². The van der Waals surface area contributed by atoms with E-state index < -0.39 is 0 Å². The zero-order valence-electron chi connectivity index (χ0n) is 5.43. The summed E-state index contributed by atoms with van der Waals surface area (Å²) in [6.07, 6.45) is 3.90. The van der Waals surface area contributed by atoms with Crippen LogP contribution >= 0.6 is 0 Å². The van der Waals surface area contributed by atoms with E-state index in [4.69, 9.17) is 0 Å². The molecule has 46 valence electrons. The van der Waals surface area contributed by atoms with Gasteiger partial charge in [-0.1, -0.05) is 13.0 Å². The van der Waals surface area contributed by atoms with Crippen molar-refractivity contribution in [2.45, 2.75) is 25.8 Å². The molecular weight excluding hydrogens is 98.1 g/mol. The quantitative estimate of drug-likeness (QED) is 0.389. The highest BCUT2D eigenvalue weighted by atomic mass is 14.7. The van der Waals surface area contributed by atoms with Crippen molar-refractivity contribution < 1.29 is 0 Å². The number of nitrogens with zero attached hydrogens (tertiary/aromatic N) is 1. The van der Waals surface area contributed by atoms with Gasteiger partial charge in [-0.25, -0.2) is 0 Å². The third-order valence-corrected chi connectivity index (χ3v) is 1.17. The van der Waals surface area contributed by atoms with E-state index in [1.165, 1.54) is 0 Å². The summed E-state index contributed by atoms with van der Waals surface area (Å²) in [4.78, 5) is 3.88. The minimum Gasteiger partial charge on any atom is -0.297 e. The zero-order valence-corrected chi connectivity index (χ0v) is 5.43. The van der Waals surface area contributed by atoms with Gasteiger partial charge in [0.1, 0.15) is 0 Å². The lowest BCUT2D eigenvalue weighted by Crippen LogP contribution is -1.97. The lowest BCUT2D eigenvalue weighted by Gasteiger charge is -2.02. The Morgan fingerprint density at radius 3 is 2.50 bits per heavy atom. The van der Waals surface area contributed by atoms with E-state index in [0.29, 0.717) is 6.04 Å². The van der Waals surface area contributed by atoms with E-state index in [0.717, 1.165) is 12.8 Å². The van der Waals surface area contributed by atoms with E-state index in [9.17, 15) is 0 Å². The monoisotopic (exact) mass is 111 g/mol. The number of hydrogen-bond acceptors (Lipinski definition) is 1. The summed E-state index contributed by atoms with van der Waals surface area (Å²) in [5, 5.41) is 0. The van der Waals surface area contributed by atoms with Crippen LogP contribution in [0.25, 0.3) is 0 Å². The highest BCUT2D eigenvalue weighted by molar-refractivity contribution is 5.24. The molecule has 0 aromatic rings. The topological polar surface area (TPSA) is 12.4 Å². The maximum Gasteiger partial charge on any atom is 0.0524 e. The third-order valence-electron chi connectivity index (χ3n) is 1.17. The molecule has 0 spiro atoms. The second-order valence-corrected chi connectivity index (χ2v) is 1.77. The molecule has 1 unspecified atom stereocenters. The molecule has 0 bridgehead atoms. The van der Waals surface area contributed by atoms with Gasteiger partial charge in [0.2, 0.25) is 0 Å². The third kappa shape index (κ3) is 2.56. The molecule has 0 saturated heterocycles. The number of aliphatic imine (C=N–C) groups is 1. The second-order valence-electron chi connectivity index (χ2n) is 1.77. The first-order chi connectivity index (χ1) is 3.85. The van der Waals surface area contributed by atoms with Gasteiger partial charge in [-0.2, -0.15) is 0 Å². The fraction of sp³-hybridized carbons (Fsp3) is 0.571. The van der Waals surface area contributed by atoms with Crippen molar-refractivity contribution in [3.63, 3.8) is 0 Å². The van der Waals surface area contributed by atoms with Crippen molar-refractivity contribution in [3.05, 3.63) is 12.7 Å². The average molecular weight is 111 g/mol. The molecule has 1 atom stereocenters. The molecule has 0 aliphatic heterocycles. The molecule has 0 aliphatic rings. The molecule has 0 heterocycles. The normalized spacial score (nSPS) is 12.6. The van der Waals surface area contributed by atoms with Gasteiger partial charge < -0.3 is 0 Å². The van der Waals surface area contributed by atoms with Crippen LogP contribution in [0, 0.1) is 0 Å². The zero-order chi connectivity index (χ0) is 6.41. The first-order valence-corrected chi connectivity index (χ1v) is 2.91. The molecule has 1 heteroatoms. The molecular formula is C7H13N. The summed E-state index contributed by atoms with van der Waals surface area (Å²) in [6.45, 7) is 9.16. The van der Waals surface area contributed by atoms with Gasteiger partial charge in [0.05, 0.1) is 6.04 Å². The molecule has 0 aromatic heterocycles. The van der Waals surface area contributed by atoms with Gasteiger partial charge in [0.15, 0.2) is 0 Å². The molecule has 0 N–H and O–H groups in total. The smallest absolute Gasteiger partial charge is 0.0524 e. The van der Waals surface area contributed by atoms with Crippen LogP contribution in [0.4, 0.5) is 0 Å². The summed E-state index contributed by atoms with van der Waals surface area (Å²) in [6, 6.07) is 0.396. The highest BCUT2D eigenvalue weighted by Gasteiger charge is 1.95. The number of rotatable bonds is 4. The predicted molar refractivity (Wildman–Crippen MR) is 38.4 cm³/mol. The first-order valence-electron chi connectivity index (χ1n) is 2.91. The molecule has 0 radical (unpaired) electrons. The molecule has 8 heavy (non-hydrogen) atoms. The molecule has 0 aliphatic carbocycles. The van der Waals surface area contributed by atoms with Gasteiger partial charge in [0.25, 0.3) is 0 Å². The highest BCUT2D eigenvalue weighted by Crippen LogP contribution is 2.00. The lowest BCUT2D eigenvalue weighted by atomic mass is 10.2. The van der Waals surface area contributed by atoms with Crippen molar-refractivity contribution in [1.29, 1.82) is 0 Å². The minimum atomic E-state index is 0.396. The van der Waals surface area contributed by atoms with E-state index >= 15 is 0 Å². The van der Waals surface area contributed by atoms with Crippen LogP contribution < -0.4 is 0 Å². The summed E-state index contributed by atoms with van der Waals surface area (Å²) in [5.74, 6) is 0. The van der Waals surface area contributed by atoms with Crippen LogP contribution in [0.5, 0.6) is 0 Å². The molecule has 0 amide bonds. The minimum absolute atomic E-state index is 0.396. The Labute approximate surface area is 51.1 Å². The van der Waals surface area contributed by atoms with E-state index in [1.54, 1.807) is 0 Å². The van der Waals surface area contributed by atoms with E-state index in [2.05, 4.69) is 25.2 Å². The first kappa shape index (κ1) is 7.41. The molecule has 0 fully saturated rings. The maximum absolute atomic E-state index is 3.88. The van der Waals surface area contributed by atoms with Gasteiger partial charge in [0, 0.05) is 0 Å². The van der Waals surface area contributed by atoms with Gasteiger partial charge in [-0.05, 0) is 19.6 Å². The Bertz CT molecular complexity index is 76.5. The van der Waals surface area contributed by atoms with Gasteiger partial charge in [-0.3, -0.25) is 4.99 Å². The van der Waals surface area contributed by atoms with Crippen molar-refractivity contribution >= 4 is 6.72 Å². The fourth-order valence-electron chi connectivity index (χ4n) is 0.563. The standard InChI is InChI=1S/C7H13N/c1-4-6-7(5-2)8-3/h4,7H,1,3,5-6H2,2H3. The van der Waals surface area contributed by atoms with Crippen molar-refractivity contribution in [1.82, 2.24) is 0 Å². The Morgan fingerprint density at radius 1 is 1.75 bits per heavy atom. The molecule has 0 rings (SSSR count). The van der Waals surface area contributed by atoms with Gasteiger partial charge >= 0.3 is 0 Å². The lowest BCUT2D eigenvalue weighted by molar-refractivity contribution is 0.667. The van der Waals surface area contributed by atoms with E-state index in [1.807, 2.05) is 6.08 Å². The fourth-order valence-corrected chi connectivity index (χ4v) is 0.563. The van der Waals surface area contributed by atoms with E-state index in [-0.39, 0.29) is 0 Å². The Kier molecular flexibility index (Phi) is 4.23. The summed E-state index contributed by atoms with van der Waals surface area (Å²) in [5.41, 5.74) is 0. The molecule has 0 saturated carbocycles. The van der Waals surface area contributed by atoms with Crippen LogP contribution in [-0.2, 0) is 0 Å². The van der Waals surface area contributed by atoms with Crippen molar-refractivity contribution in [2.24, 2.45) is 4.99 Å². The Morgan fingerprint density at radius 2 is 2.38 bits per heavy atom. The predicted octanol–water partition coefficient (Wildman–Crippen LogP) is 2.04. The Balaban J connectivity index is 3.35. The Hall–Kier alpha value is -0.590. The largest absolute Gasteiger partial charge is 0.297 e. The summed E-state index contributed by atoms with van der Waals surface area (Å²) < 4.78 is 0. The number of hydrogen-bond donors (Lipinski definition) is 0. The van der Waals surface area contributed by atoms with Crippen LogP contribution in [0.1, 0.15) is 19.8 Å². The molecule has 0 aromatic carbocycles. The van der Waals surface area contributed by atoms with Crippen LogP contribution in [-0.4, -0.2) is 12.8 Å². The molecule has 1 nitrogen and oxygen atoms in total. The van der Waals surface area contributed by atoms with Gasteiger partial charge in [-0.15, -0.1) is 6.58 Å². The van der Waals surface area contributed by atoms with Crippen LogP contribution in [0.3, 0.4) is 0 Å². The van der Waals surface area contributed by atoms with Crippen LogP contribution in [0.2, 0.25) is 0 Å². The average Bonchev–Trinajstić information content (AvgIpc) is 1.83. The second kappa shape index (κ2) is 4.57. The SMILES string of the molecule is C=CCC(CC)N=C. The summed E-state index contributed by atoms with van der Waals surface area (Å²) in [7, 11) is 0. The summed E-state index contributed by atoms with van der Waals surface area (Å²) >= 11 is 0. The van der Waals surface area contributed by atoms with Crippen molar-refractivity contribution in [3.8, 4) is 0 Å². The van der Waals surface area contributed by atoms with Crippen LogP contribution in [0.15, 0.2) is 17.6 Å². The maximum atomic E-state index is 3.88.